The molecule has 0 atom stereocenters. The Morgan fingerprint density at radius 3 is 2.48 bits per heavy atom. The van der Waals surface area contributed by atoms with Crippen molar-refractivity contribution in [3.05, 3.63) is 89.3 Å². The number of aromatic nitrogens is 1. The molecule has 0 aliphatic rings. The molecule has 4 aromatic rings. The Labute approximate surface area is 198 Å². The quantitative estimate of drug-likeness (QED) is 0.259. The number of rotatable bonds is 9. The molecule has 1 amide bonds. The van der Waals surface area contributed by atoms with Crippen molar-refractivity contribution >= 4 is 33.8 Å². The molecular weight excluding hydrogens is 430 g/mol. The number of thiazole rings is 1. The van der Waals surface area contributed by atoms with Gasteiger partial charge in [0.05, 0.1) is 12.3 Å². The maximum absolute atomic E-state index is 12.6. The second-order valence-electron chi connectivity index (χ2n) is 7.74. The monoisotopic (exact) mass is 457 g/mol. The fourth-order valence-electron chi connectivity index (χ4n) is 3.26. The molecule has 0 saturated carbocycles. The van der Waals surface area contributed by atoms with Crippen LogP contribution in [0.4, 0.5) is 16.5 Å². The van der Waals surface area contributed by atoms with Gasteiger partial charge in [-0.1, -0.05) is 43.7 Å². The Bertz CT molecular complexity index is 1200. The minimum atomic E-state index is -0.152. The third kappa shape index (κ3) is 5.99. The molecule has 1 heterocycles. The maximum Gasteiger partial charge on any atom is 0.255 e. The van der Waals surface area contributed by atoms with E-state index in [2.05, 4.69) is 30.5 Å². The number of aryl methyl sites for hydroxylation is 1. The number of hydrogen-bond acceptors (Lipinski definition) is 5. The van der Waals surface area contributed by atoms with Gasteiger partial charge in [-0.25, -0.2) is 4.98 Å². The molecule has 4 rings (SSSR count). The molecule has 0 saturated heterocycles. The van der Waals surface area contributed by atoms with Gasteiger partial charge in [-0.2, -0.15) is 0 Å². The second kappa shape index (κ2) is 10.8. The summed E-state index contributed by atoms with van der Waals surface area (Å²) in [7, 11) is 0. The van der Waals surface area contributed by atoms with Gasteiger partial charge >= 0.3 is 0 Å². The van der Waals surface area contributed by atoms with Gasteiger partial charge in [0.1, 0.15) is 5.75 Å². The van der Waals surface area contributed by atoms with E-state index in [1.807, 2.05) is 60.0 Å². The second-order valence-corrected chi connectivity index (χ2v) is 8.59. The van der Waals surface area contributed by atoms with Crippen LogP contribution in [0, 0.1) is 6.92 Å². The number of carbonyl (C=O) groups excluding carboxylic acids is 1. The zero-order valence-electron chi connectivity index (χ0n) is 18.8. The summed E-state index contributed by atoms with van der Waals surface area (Å²) in [5.74, 6) is 0.630. The lowest BCUT2D eigenvalue weighted by Gasteiger charge is -2.08. The van der Waals surface area contributed by atoms with Gasteiger partial charge in [0.25, 0.3) is 5.91 Å². The highest BCUT2D eigenvalue weighted by Gasteiger charge is 2.09. The van der Waals surface area contributed by atoms with Crippen LogP contribution >= 0.6 is 11.3 Å². The van der Waals surface area contributed by atoms with Crippen molar-refractivity contribution in [3.63, 3.8) is 0 Å². The molecule has 2 N–H and O–H groups in total. The van der Waals surface area contributed by atoms with Crippen LogP contribution in [0.25, 0.3) is 11.3 Å². The van der Waals surface area contributed by atoms with Gasteiger partial charge in [0, 0.05) is 27.9 Å². The van der Waals surface area contributed by atoms with Crippen molar-refractivity contribution in [2.45, 2.75) is 26.7 Å². The third-order valence-corrected chi connectivity index (χ3v) is 5.97. The zero-order chi connectivity index (χ0) is 23.0. The summed E-state index contributed by atoms with van der Waals surface area (Å²) >= 11 is 1.56. The van der Waals surface area contributed by atoms with E-state index in [0.29, 0.717) is 12.2 Å². The average molecular weight is 458 g/mol. The summed E-state index contributed by atoms with van der Waals surface area (Å²) in [4.78, 5) is 17.3. The predicted molar refractivity (Wildman–Crippen MR) is 137 cm³/mol. The Kier molecular flexibility index (Phi) is 7.37. The molecule has 0 radical (unpaired) electrons. The van der Waals surface area contributed by atoms with E-state index >= 15 is 0 Å². The number of hydrogen-bond donors (Lipinski definition) is 2. The van der Waals surface area contributed by atoms with Gasteiger partial charge in [-0.3, -0.25) is 4.79 Å². The van der Waals surface area contributed by atoms with E-state index in [0.717, 1.165) is 46.4 Å². The average Bonchev–Trinajstić information content (AvgIpc) is 3.30. The number of benzene rings is 3. The molecule has 0 spiro atoms. The molecule has 3 aromatic carbocycles. The number of para-hydroxylation sites is 1. The van der Waals surface area contributed by atoms with Gasteiger partial charge in [0.2, 0.25) is 0 Å². The van der Waals surface area contributed by atoms with Gasteiger partial charge in [-0.15, -0.1) is 11.3 Å². The topological polar surface area (TPSA) is 63.2 Å². The fourth-order valence-corrected chi connectivity index (χ4v) is 3.99. The van der Waals surface area contributed by atoms with Crippen LogP contribution in [0.5, 0.6) is 5.75 Å². The van der Waals surface area contributed by atoms with E-state index < -0.39 is 0 Å². The molecular formula is C27H27N3O2S. The first-order valence-electron chi connectivity index (χ1n) is 11.0. The van der Waals surface area contributed by atoms with E-state index in [1.54, 1.807) is 23.5 Å². The van der Waals surface area contributed by atoms with E-state index in [9.17, 15) is 4.79 Å². The molecule has 0 fully saturated rings. The summed E-state index contributed by atoms with van der Waals surface area (Å²) in [6, 6.07) is 23.1. The SMILES string of the molecule is CCCCOc1ccc(C(=O)Nc2ccc(-c3csc(Nc4ccccc4C)n3)cc2)cc1. The Morgan fingerprint density at radius 2 is 1.76 bits per heavy atom. The smallest absolute Gasteiger partial charge is 0.255 e. The minimum Gasteiger partial charge on any atom is -0.494 e. The number of carbonyl (C=O) groups is 1. The molecule has 0 aliphatic heterocycles. The van der Waals surface area contributed by atoms with Crippen molar-refractivity contribution in [1.29, 1.82) is 0 Å². The van der Waals surface area contributed by atoms with Crippen molar-refractivity contribution in [1.82, 2.24) is 4.98 Å². The molecule has 0 aliphatic carbocycles. The maximum atomic E-state index is 12.6. The number of nitrogens with one attached hydrogen (secondary N) is 2. The van der Waals surface area contributed by atoms with E-state index in [-0.39, 0.29) is 5.91 Å². The van der Waals surface area contributed by atoms with E-state index in [4.69, 9.17) is 9.72 Å². The van der Waals surface area contributed by atoms with Crippen molar-refractivity contribution in [2.24, 2.45) is 0 Å². The highest BCUT2D eigenvalue weighted by atomic mass is 32.1. The number of anilines is 3. The fraction of sp³-hybridized carbons (Fsp3) is 0.185. The highest BCUT2D eigenvalue weighted by Crippen LogP contribution is 2.29. The standard InChI is InChI=1S/C27H27N3O2S/c1-3-4-17-32-23-15-11-21(12-16-23)26(31)28-22-13-9-20(10-14-22)25-18-33-27(30-25)29-24-8-6-5-7-19(24)2/h5-16,18H,3-4,17H2,1-2H3,(H,28,31)(H,29,30). The van der Waals surface area contributed by atoms with Gasteiger partial charge in [-0.05, 0) is 61.4 Å². The van der Waals surface area contributed by atoms with E-state index in [1.165, 1.54) is 5.56 Å². The largest absolute Gasteiger partial charge is 0.494 e. The summed E-state index contributed by atoms with van der Waals surface area (Å²) in [6.45, 7) is 4.89. The molecule has 1 aromatic heterocycles. The van der Waals surface area contributed by atoms with Crippen molar-refractivity contribution in [2.75, 3.05) is 17.2 Å². The van der Waals surface area contributed by atoms with Gasteiger partial charge in [0.15, 0.2) is 5.13 Å². The van der Waals surface area contributed by atoms with Crippen LogP contribution in [-0.4, -0.2) is 17.5 Å². The summed E-state index contributed by atoms with van der Waals surface area (Å²) < 4.78 is 5.65. The van der Waals surface area contributed by atoms with Crippen LogP contribution in [0.15, 0.2) is 78.2 Å². The Hall–Kier alpha value is -3.64. The highest BCUT2D eigenvalue weighted by molar-refractivity contribution is 7.14. The molecule has 5 nitrogen and oxygen atoms in total. The summed E-state index contributed by atoms with van der Waals surface area (Å²) in [6.07, 6.45) is 2.11. The van der Waals surface area contributed by atoms with Gasteiger partial charge < -0.3 is 15.4 Å². The Morgan fingerprint density at radius 1 is 1.00 bits per heavy atom. The third-order valence-electron chi connectivity index (χ3n) is 5.21. The first-order chi connectivity index (χ1) is 16.1. The van der Waals surface area contributed by atoms with Crippen molar-refractivity contribution in [3.8, 4) is 17.0 Å². The molecule has 6 heteroatoms. The van der Waals surface area contributed by atoms with Crippen molar-refractivity contribution < 1.29 is 9.53 Å². The number of ether oxygens (including phenoxy) is 1. The summed E-state index contributed by atoms with van der Waals surface area (Å²) in [5.41, 5.74) is 5.45. The van der Waals surface area contributed by atoms with Crippen LogP contribution in [0.1, 0.15) is 35.7 Å². The number of amides is 1. The molecule has 33 heavy (non-hydrogen) atoms. The molecule has 168 valence electrons. The number of nitrogens with zero attached hydrogens (tertiary/aromatic N) is 1. The predicted octanol–water partition coefficient (Wildman–Crippen LogP) is 7.29. The van der Waals surface area contributed by atoms with Crippen LogP contribution < -0.4 is 15.4 Å². The lowest BCUT2D eigenvalue weighted by atomic mass is 10.1. The normalized spacial score (nSPS) is 10.6. The van der Waals surface area contributed by atoms with Crippen LogP contribution in [-0.2, 0) is 0 Å². The lowest BCUT2D eigenvalue weighted by molar-refractivity contribution is 0.102. The Balaban J connectivity index is 1.36. The first-order valence-corrected chi connectivity index (χ1v) is 11.9. The minimum absolute atomic E-state index is 0.152. The molecule has 0 unspecified atom stereocenters. The summed E-state index contributed by atoms with van der Waals surface area (Å²) in [5, 5.41) is 9.19. The molecule has 0 bridgehead atoms. The number of unbranched alkanes of at least 4 members (excludes halogenated alkanes) is 1. The lowest BCUT2D eigenvalue weighted by Crippen LogP contribution is -2.11. The first kappa shape index (κ1) is 22.6. The van der Waals surface area contributed by atoms with Crippen LogP contribution in [0.3, 0.4) is 0 Å². The zero-order valence-corrected chi connectivity index (χ0v) is 19.6. The van der Waals surface area contributed by atoms with Crippen LogP contribution in [0.2, 0.25) is 0 Å².